The summed E-state index contributed by atoms with van der Waals surface area (Å²) in [6.07, 6.45) is 3.52. The van der Waals surface area contributed by atoms with E-state index < -0.39 is 17.0 Å². The van der Waals surface area contributed by atoms with Crippen LogP contribution in [0.3, 0.4) is 0 Å². The number of non-ortho nitro benzene ring substituents is 1. The highest BCUT2D eigenvalue weighted by atomic mass is 32.2. The number of hydrogen-bond donors (Lipinski definition) is 1. The second-order valence-electron chi connectivity index (χ2n) is 6.55. The van der Waals surface area contributed by atoms with Gasteiger partial charge >= 0.3 is 5.97 Å². The van der Waals surface area contributed by atoms with Gasteiger partial charge in [-0.3, -0.25) is 19.7 Å². The van der Waals surface area contributed by atoms with Crippen LogP contribution in [0.1, 0.15) is 39.5 Å². The van der Waals surface area contributed by atoms with Gasteiger partial charge in [0.2, 0.25) is 0 Å². The first kappa shape index (κ1) is 20.2. The van der Waals surface area contributed by atoms with E-state index in [1.54, 1.807) is 19.1 Å². The Balaban J connectivity index is 1.75. The van der Waals surface area contributed by atoms with Crippen molar-refractivity contribution in [1.82, 2.24) is 5.32 Å². The molecule has 0 saturated heterocycles. The SMILES string of the molecule is C[C@@H](OC(=O)CSc1ccc([N+](=O)[O-])cc1)C(=O)N[C@@H]1CCCC[C@@H]1C. The lowest BCUT2D eigenvalue weighted by Gasteiger charge is -2.30. The Labute approximate surface area is 157 Å². The molecule has 26 heavy (non-hydrogen) atoms. The van der Waals surface area contributed by atoms with Crippen LogP contribution in [0.25, 0.3) is 0 Å². The average Bonchev–Trinajstić information content (AvgIpc) is 2.62. The molecule has 0 heterocycles. The zero-order valence-electron chi connectivity index (χ0n) is 15.0. The van der Waals surface area contributed by atoms with Gasteiger partial charge in [0.15, 0.2) is 6.10 Å². The fraction of sp³-hybridized carbons (Fsp3) is 0.556. The van der Waals surface area contributed by atoms with Crippen LogP contribution in [0, 0.1) is 16.0 Å². The van der Waals surface area contributed by atoms with Crippen molar-refractivity contribution in [3.8, 4) is 0 Å². The molecule has 8 heteroatoms. The summed E-state index contributed by atoms with van der Waals surface area (Å²) in [6.45, 7) is 3.69. The molecule has 1 N–H and O–H groups in total. The number of nitrogens with zero attached hydrogens (tertiary/aromatic N) is 1. The van der Waals surface area contributed by atoms with Crippen molar-refractivity contribution < 1.29 is 19.2 Å². The molecule has 1 saturated carbocycles. The van der Waals surface area contributed by atoms with E-state index in [-0.39, 0.29) is 23.4 Å². The highest BCUT2D eigenvalue weighted by molar-refractivity contribution is 8.00. The number of carbonyl (C=O) groups is 2. The van der Waals surface area contributed by atoms with E-state index in [1.807, 2.05) is 0 Å². The van der Waals surface area contributed by atoms with E-state index in [1.165, 1.54) is 30.3 Å². The number of amides is 1. The standard InChI is InChI=1S/C18H24N2O5S/c1-12-5-3-4-6-16(12)19-18(22)13(2)25-17(21)11-26-15-9-7-14(8-10-15)20(23)24/h7-10,12-13,16H,3-6,11H2,1-2H3,(H,19,22)/t12-,13+,16+/m0/s1. The first-order valence-electron chi connectivity index (χ1n) is 8.74. The third-order valence-electron chi connectivity index (χ3n) is 4.52. The molecule has 0 unspecified atom stereocenters. The minimum atomic E-state index is -0.839. The van der Waals surface area contributed by atoms with Crippen molar-refractivity contribution >= 4 is 29.3 Å². The monoisotopic (exact) mass is 380 g/mol. The van der Waals surface area contributed by atoms with Gasteiger partial charge in [-0.05, 0) is 37.8 Å². The molecule has 0 aliphatic heterocycles. The number of ether oxygens (including phenoxy) is 1. The number of nitro benzene ring substituents is 1. The summed E-state index contributed by atoms with van der Waals surface area (Å²) in [7, 11) is 0. The van der Waals surface area contributed by atoms with E-state index in [0.717, 1.165) is 24.2 Å². The minimum absolute atomic E-state index is 0.000777. The first-order valence-corrected chi connectivity index (χ1v) is 9.72. The number of nitro groups is 1. The van der Waals surface area contributed by atoms with Crippen LogP contribution in [0.2, 0.25) is 0 Å². The fourth-order valence-corrected chi connectivity index (χ4v) is 3.60. The van der Waals surface area contributed by atoms with Crippen molar-refractivity contribution in [1.29, 1.82) is 0 Å². The number of esters is 1. The lowest BCUT2D eigenvalue weighted by molar-refractivity contribution is -0.384. The van der Waals surface area contributed by atoms with Crippen LogP contribution >= 0.6 is 11.8 Å². The van der Waals surface area contributed by atoms with Gasteiger partial charge in [-0.15, -0.1) is 11.8 Å². The third-order valence-corrected chi connectivity index (χ3v) is 5.51. The van der Waals surface area contributed by atoms with Gasteiger partial charge in [0.05, 0.1) is 10.7 Å². The Hall–Kier alpha value is -2.09. The van der Waals surface area contributed by atoms with Crippen LogP contribution in [-0.2, 0) is 14.3 Å². The van der Waals surface area contributed by atoms with E-state index >= 15 is 0 Å². The molecule has 1 aliphatic rings. The van der Waals surface area contributed by atoms with Crippen molar-refractivity contribution in [3.05, 3.63) is 34.4 Å². The summed E-state index contributed by atoms with van der Waals surface area (Å²) >= 11 is 1.21. The average molecular weight is 380 g/mol. The topological polar surface area (TPSA) is 98.5 Å². The zero-order chi connectivity index (χ0) is 19.1. The minimum Gasteiger partial charge on any atom is -0.452 e. The molecule has 0 radical (unpaired) electrons. The summed E-state index contributed by atoms with van der Waals surface area (Å²) < 4.78 is 5.19. The Morgan fingerprint density at radius 1 is 1.31 bits per heavy atom. The van der Waals surface area contributed by atoms with Gasteiger partial charge in [0, 0.05) is 23.1 Å². The lowest BCUT2D eigenvalue weighted by atomic mass is 9.86. The summed E-state index contributed by atoms with van der Waals surface area (Å²) in [5.74, 6) is -0.284. The number of carbonyl (C=O) groups excluding carboxylic acids is 2. The fourth-order valence-electron chi connectivity index (χ4n) is 2.92. The molecule has 142 valence electrons. The van der Waals surface area contributed by atoms with Gasteiger partial charge in [-0.1, -0.05) is 19.8 Å². The number of thioether (sulfide) groups is 1. The van der Waals surface area contributed by atoms with Crippen molar-refractivity contribution in [2.24, 2.45) is 5.92 Å². The Bertz CT molecular complexity index is 649. The molecule has 1 amide bonds. The van der Waals surface area contributed by atoms with E-state index in [2.05, 4.69) is 12.2 Å². The van der Waals surface area contributed by atoms with Crippen LogP contribution in [-0.4, -0.2) is 34.7 Å². The maximum absolute atomic E-state index is 12.2. The van der Waals surface area contributed by atoms with Crippen LogP contribution in [0.15, 0.2) is 29.2 Å². The molecule has 1 aromatic rings. The summed E-state index contributed by atoms with van der Waals surface area (Å²) in [6, 6.07) is 6.07. The normalized spacial score (nSPS) is 20.8. The third kappa shape index (κ3) is 6.01. The molecule has 2 rings (SSSR count). The van der Waals surface area contributed by atoms with Crippen molar-refractivity contribution in [2.75, 3.05) is 5.75 Å². The van der Waals surface area contributed by atoms with E-state index in [4.69, 9.17) is 4.74 Å². The highest BCUT2D eigenvalue weighted by Gasteiger charge is 2.26. The van der Waals surface area contributed by atoms with E-state index in [0.29, 0.717) is 5.92 Å². The number of rotatable bonds is 7. The Morgan fingerprint density at radius 2 is 1.96 bits per heavy atom. The zero-order valence-corrected chi connectivity index (χ0v) is 15.8. The quantitative estimate of drug-likeness (QED) is 0.337. The molecular weight excluding hydrogens is 356 g/mol. The smallest absolute Gasteiger partial charge is 0.317 e. The van der Waals surface area contributed by atoms with Crippen LogP contribution in [0.5, 0.6) is 0 Å². The number of nitrogens with one attached hydrogen (secondary N) is 1. The molecule has 7 nitrogen and oxygen atoms in total. The summed E-state index contributed by atoms with van der Waals surface area (Å²) in [5.41, 5.74) is -0.000777. The second-order valence-corrected chi connectivity index (χ2v) is 7.60. The van der Waals surface area contributed by atoms with Crippen LogP contribution < -0.4 is 5.32 Å². The molecule has 0 spiro atoms. The molecule has 1 aromatic carbocycles. The summed E-state index contributed by atoms with van der Waals surface area (Å²) in [5, 5.41) is 13.6. The van der Waals surface area contributed by atoms with Crippen molar-refractivity contribution in [2.45, 2.75) is 56.6 Å². The van der Waals surface area contributed by atoms with Gasteiger partial charge in [0.25, 0.3) is 11.6 Å². The molecule has 3 atom stereocenters. The number of hydrogen-bond acceptors (Lipinski definition) is 6. The molecule has 0 bridgehead atoms. The summed E-state index contributed by atoms with van der Waals surface area (Å²) in [4.78, 5) is 35.0. The molecule has 0 aromatic heterocycles. The Kier molecular flexibility index (Phi) is 7.44. The van der Waals surface area contributed by atoms with Crippen molar-refractivity contribution in [3.63, 3.8) is 0 Å². The maximum atomic E-state index is 12.2. The molecular formula is C18H24N2O5S. The largest absolute Gasteiger partial charge is 0.452 e. The first-order chi connectivity index (χ1) is 12.4. The van der Waals surface area contributed by atoms with Gasteiger partial charge in [-0.2, -0.15) is 0 Å². The Morgan fingerprint density at radius 3 is 2.58 bits per heavy atom. The molecule has 1 aliphatic carbocycles. The second kappa shape index (κ2) is 9.56. The number of benzene rings is 1. The lowest BCUT2D eigenvalue weighted by Crippen LogP contribution is -2.46. The predicted molar refractivity (Wildman–Crippen MR) is 98.9 cm³/mol. The maximum Gasteiger partial charge on any atom is 0.317 e. The van der Waals surface area contributed by atoms with Crippen LogP contribution in [0.4, 0.5) is 5.69 Å². The predicted octanol–water partition coefficient (Wildman–Crippen LogP) is 3.31. The molecule has 1 fully saturated rings. The highest BCUT2D eigenvalue weighted by Crippen LogP contribution is 2.24. The van der Waals surface area contributed by atoms with E-state index in [9.17, 15) is 19.7 Å². The van der Waals surface area contributed by atoms with Gasteiger partial charge in [-0.25, -0.2) is 0 Å². The van der Waals surface area contributed by atoms with Gasteiger partial charge < -0.3 is 10.1 Å². The van der Waals surface area contributed by atoms with Gasteiger partial charge in [0.1, 0.15) is 0 Å².